The maximum Gasteiger partial charge on any atom is 0.239 e. The number of carbonyl (C=O) groups is 1. The lowest BCUT2D eigenvalue weighted by Crippen LogP contribution is -2.45. The zero-order valence-corrected chi connectivity index (χ0v) is 10.5. The summed E-state index contributed by atoms with van der Waals surface area (Å²) < 4.78 is 0. The third kappa shape index (κ3) is 2.57. The zero-order valence-electron chi connectivity index (χ0n) is 10.5. The molecule has 1 aliphatic carbocycles. The molecule has 2 aliphatic rings. The van der Waals surface area contributed by atoms with Crippen LogP contribution in [0, 0.1) is 11.8 Å². The Labute approximate surface area is 98.6 Å². The molecule has 2 atom stereocenters. The molecule has 1 aliphatic heterocycles. The van der Waals surface area contributed by atoms with Crippen LogP contribution in [-0.4, -0.2) is 37.0 Å². The summed E-state index contributed by atoms with van der Waals surface area (Å²) in [7, 11) is 1.97. The average molecular weight is 224 g/mol. The lowest BCUT2D eigenvalue weighted by molar-refractivity contribution is -0.133. The van der Waals surface area contributed by atoms with Gasteiger partial charge in [-0.15, -0.1) is 0 Å². The summed E-state index contributed by atoms with van der Waals surface area (Å²) in [4.78, 5) is 14.2. The molecule has 92 valence electrons. The highest BCUT2D eigenvalue weighted by molar-refractivity contribution is 5.82. The molecule has 0 aromatic carbocycles. The third-order valence-electron chi connectivity index (χ3n) is 4.18. The van der Waals surface area contributed by atoms with E-state index in [-0.39, 0.29) is 6.04 Å². The van der Waals surface area contributed by atoms with Crippen LogP contribution >= 0.6 is 0 Å². The van der Waals surface area contributed by atoms with Gasteiger partial charge in [0.15, 0.2) is 0 Å². The summed E-state index contributed by atoms with van der Waals surface area (Å²) in [5, 5.41) is 3.32. The predicted molar refractivity (Wildman–Crippen MR) is 65.2 cm³/mol. The second-order valence-electron chi connectivity index (χ2n) is 5.57. The summed E-state index contributed by atoms with van der Waals surface area (Å²) in [6, 6.07) is 0.0754. The number of carbonyl (C=O) groups excluding carboxylic acids is 1. The highest BCUT2D eigenvalue weighted by atomic mass is 16.2. The summed E-state index contributed by atoms with van der Waals surface area (Å²) >= 11 is 0. The van der Waals surface area contributed by atoms with E-state index in [1.807, 2.05) is 11.9 Å². The van der Waals surface area contributed by atoms with Crippen LogP contribution in [0.4, 0.5) is 0 Å². The molecule has 0 aromatic rings. The molecule has 1 N–H and O–H groups in total. The van der Waals surface area contributed by atoms with Gasteiger partial charge >= 0.3 is 0 Å². The molecule has 2 unspecified atom stereocenters. The van der Waals surface area contributed by atoms with Gasteiger partial charge in [-0.05, 0) is 37.6 Å². The number of nitrogens with one attached hydrogen (secondary N) is 1. The van der Waals surface area contributed by atoms with Crippen LogP contribution < -0.4 is 5.32 Å². The monoisotopic (exact) mass is 224 g/mol. The Balaban J connectivity index is 1.83. The average Bonchev–Trinajstić information content (AvgIpc) is 2.88. The van der Waals surface area contributed by atoms with E-state index in [9.17, 15) is 4.79 Å². The first-order valence-corrected chi connectivity index (χ1v) is 6.67. The van der Waals surface area contributed by atoms with Gasteiger partial charge in [-0.1, -0.05) is 19.8 Å². The smallest absolute Gasteiger partial charge is 0.239 e. The molecule has 1 saturated carbocycles. The van der Waals surface area contributed by atoms with Gasteiger partial charge in [0.2, 0.25) is 5.91 Å². The van der Waals surface area contributed by atoms with Gasteiger partial charge in [0.05, 0.1) is 6.04 Å². The molecule has 1 amide bonds. The summed E-state index contributed by atoms with van der Waals surface area (Å²) in [6.07, 6.45) is 6.46. The fraction of sp³-hybridized carbons (Fsp3) is 0.923. The first-order valence-electron chi connectivity index (χ1n) is 6.67. The summed E-state index contributed by atoms with van der Waals surface area (Å²) in [6.45, 7) is 4.13. The maximum absolute atomic E-state index is 12.2. The second kappa shape index (κ2) is 5.17. The molecular weight excluding hydrogens is 200 g/mol. The second-order valence-corrected chi connectivity index (χ2v) is 5.57. The van der Waals surface area contributed by atoms with Gasteiger partial charge in [0.1, 0.15) is 0 Å². The fourth-order valence-corrected chi connectivity index (χ4v) is 3.07. The number of hydrogen-bond donors (Lipinski definition) is 1. The van der Waals surface area contributed by atoms with Gasteiger partial charge in [0, 0.05) is 13.6 Å². The first-order chi connectivity index (χ1) is 7.68. The van der Waals surface area contributed by atoms with E-state index in [1.54, 1.807) is 0 Å². The van der Waals surface area contributed by atoms with Crippen molar-refractivity contribution in [2.75, 3.05) is 20.1 Å². The minimum atomic E-state index is 0.0754. The molecule has 1 heterocycles. The maximum atomic E-state index is 12.2. The van der Waals surface area contributed by atoms with Crippen LogP contribution in [0.15, 0.2) is 0 Å². The van der Waals surface area contributed by atoms with Crippen molar-refractivity contribution in [3.63, 3.8) is 0 Å². The lowest BCUT2D eigenvalue weighted by atomic mass is 10.0. The Hall–Kier alpha value is -0.570. The van der Waals surface area contributed by atoms with Gasteiger partial charge in [-0.3, -0.25) is 4.79 Å². The van der Waals surface area contributed by atoms with Crippen LogP contribution in [-0.2, 0) is 4.79 Å². The minimum Gasteiger partial charge on any atom is -0.344 e. The molecule has 0 radical (unpaired) electrons. The Morgan fingerprint density at radius 2 is 2.00 bits per heavy atom. The highest BCUT2D eigenvalue weighted by Crippen LogP contribution is 2.26. The molecule has 0 aromatic heterocycles. The number of hydrogen-bond acceptors (Lipinski definition) is 2. The predicted octanol–water partition coefficient (Wildman–Crippen LogP) is 1.63. The van der Waals surface area contributed by atoms with Crippen LogP contribution in [0.2, 0.25) is 0 Å². The molecule has 2 fully saturated rings. The summed E-state index contributed by atoms with van der Waals surface area (Å²) in [5.41, 5.74) is 0. The SMILES string of the molecule is CC1CCNC1C(=O)N(C)CC1CCCC1. The zero-order chi connectivity index (χ0) is 11.5. The van der Waals surface area contributed by atoms with Crippen molar-refractivity contribution in [1.82, 2.24) is 10.2 Å². The molecule has 3 nitrogen and oxygen atoms in total. The van der Waals surface area contributed by atoms with Crippen LogP contribution in [0.3, 0.4) is 0 Å². The molecule has 16 heavy (non-hydrogen) atoms. The van der Waals surface area contributed by atoms with Crippen LogP contribution in [0.1, 0.15) is 39.0 Å². The van der Waals surface area contributed by atoms with E-state index in [0.717, 1.165) is 25.4 Å². The lowest BCUT2D eigenvalue weighted by Gasteiger charge is -2.26. The Morgan fingerprint density at radius 3 is 2.56 bits per heavy atom. The van der Waals surface area contributed by atoms with Crippen molar-refractivity contribution in [3.05, 3.63) is 0 Å². The van der Waals surface area contributed by atoms with E-state index in [2.05, 4.69) is 12.2 Å². The van der Waals surface area contributed by atoms with Crippen LogP contribution in [0.5, 0.6) is 0 Å². The molecule has 1 saturated heterocycles. The van der Waals surface area contributed by atoms with Crippen molar-refractivity contribution in [2.24, 2.45) is 11.8 Å². The number of likely N-dealkylation sites (N-methyl/N-ethyl adjacent to an activating group) is 1. The van der Waals surface area contributed by atoms with Crippen molar-refractivity contribution in [3.8, 4) is 0 Å². The van der Waals surface area contributed by atoms with Crippen molar-refractivity contribution >= 4 is 5.91 Å². The van der Waals surface area contributed by atoms with Crippen molar-refractivity contribution in [1.29, 1.82) is 0 Å². The fourth-order valence-electron chi connectivity index (χ4n) is 3.07. The third-order valence-corrected chi connectivity index (χ3v) is 4.18. The van der Waals surface area contributed by atoms with Crippen molar-refractivity contribution < 1.29 is 4.79 Å². The highest BCUT2D eigenvalue weighted by Gasteiger charge is 2.32. The van der Waals surface area contributed by atoms with E-state index < -0.39 is 0 Å². The molecule has 2 rings (SSSR count). The molecule has 0 bridgehead atoms. The Morgan fingerprint density at radius 1 is 1.31 bits per heavy atom. The van der Waals surface area contributed by atoms with Gasteiger partial charge < -0.3 is 10.2 Å². The largest absolute Gasteiger partial charge is 0.344 e. The van der Waals surface area contributed by atoms with Gasteiger partial charge in [-0.2, -0.15) is 0 Å². The molecule has 3 heteroatoms. The van der Waals surface area contributed by atoms with Gasteiger partial charge in [0.25, 0.3) is 0 Å². The standard InChI is InChI=1S/C13H24N2O/c1-10-7-8-14-12(10)13(16)15(2)9-11-5-3-4-6-11/h10-12,14H,3-9H2,1-2H3. The van der Waals surface area contributed by atoms with E-state index in [0.29, 0.717) is 11.8 Å². The van der Waals surface area contributed by atoms with Crippen LogP contribution in [0.25, 0.3) is 0 Å². The topological polar surface area (TPSA) is 32.3 Å². The van der Waals surface area contributed by atoms with E-state index >= 15 is 0 Å². The number of amides is 1. The Kier molecular flexibility index (Phi) is 3.85. The first kappa shape index (κ1) is 11.9. The molecular formula is C13H24N2O. The number of nitrogens with zero attached hydrogens (tertiary/aromatic N) is 1. The Bertz CT molecular complexity index is 248. The number of rotatable bonds is 3. The van der Waals surface area contributed by atoms with E-state index in [4.69, 9.17) is 0 Å². The normalized spacial score (nSPS) is 30.9. The van der Waals surface area contributed by atoms with Gasteiger partial charge in [-0.25, -0.2) is 0 Å². The minimum absolute atomic E-state index is 0.0754. The molecule has 0 spiro atoms. The summed E-state index contributed by atoms with van der Waals surface area (Å²) in [5.74, 6) is 1.56. The van der Waals surface area contributed by atoms with E-state index in [1.165, 1.54) is 25.7 Å². The quantitative estimate of drug-likeness (QED) is 0.790. The van der Waals surface area contributed by atoms with Crippen molar-refractivity contribution in [2.45, 2.75) is 45.1 Å².